The van der Waals surface area contributed by atoms with Crippen molar-refractivity contribution < 1.29 is 9.26 Å². The second kappa shape index (κ2) is 3.64. The van der Waals surface area contributed by atoms with Gasteiger partial charge in [-0.1, -0.05) is 5.16 Å². The molecule has 4 heterocycles. The summed E-state index contributed by atoms with van der Waals surface area (Å²) in [5.74, 6) is 0.694. The summed E-state index contributed by atoms with van der Waals surface area (Å²) in [6.07, 6.45) is 4.19. The average Bonchev–Trinajstić information content (AvgIpc) is 3.07. The highest BCUT2D eigenvalue weighted by Gasteiger charge is 2.18. The van der Waals surface area contributed by atoms with Gasteiger partial charge in [0, 0.05) is 18.1 Å². The van der Waals surface area contributed by atoms with Crippen molar-refractivity contribution in [1.29, 1.82) is 0 Å². The molecule has 3 aromatic heterocycles. The van der Waals surface area contributed by atoms with E-state index >= 15 is 0 Å². The van der Waals surface area contributed by atoms with E-state index in [2.05, 4.69) is 20.1 Å². The molecule has 3 aromatic rings. The zero-order valence-electron chi connectivity index (χ0n) is 9.51. The number of hydrogen-bond acceptors (Lipinski definition) is 5. The van der Waals surface area contributed by atoms with Gasteiger partial charge in [0.2, 0.25) is 0 Å². The third kappa shape index (κ3) is 1.36. The van der Waals surface area contributed by atoms with Crippen LogP contribution in [0.25, 0.3) is 22.6 Å². The Hall–Kier alpha value is -2.21. The second-order valence-electron chi connectivity index (χ2n) is 4.22. The first-order valence-corrected chi connectivity index (χ1v) is 5.77. The van der Waals surface area contributed by atoms with E-state index in [1.807, 2.05) is 6.20 Å². The molecule has 0 radical (unpaired) electrons. The standard InChI is InChI=1S/C12H10N4O2/c1-3-17-6-7-8(1)13-5-10-11(7)15-12(14-10)9-2-4-18-16-9/h2,4-5H,1,3,6H2,(H,14,15). The lowest BCUT2D eigenvalue weighted by Crippen LogP contribution is -2.11. The molecular formula is C12H10N4O2. The van der Waals surface area contributed by atoms with E-state index in [0.29, 0.717) is 18.1 Å². The lowest BCUT2D eigenvalue weighted by molar-refractivity contribution is 0.110. The molecule has 18 heavy (non-hydrogen) atoms. The normalized spacial score (nSPS) is 14.9. The summed E-state index contributed by atoms with van der Waals surface area (Å²) in [6, 6.07) is 1.77. The molecule has 0 bridgehead atoms. The summed E-state index contributed by atoms with van der Waals surface area (Å²) in [6.45, 7) is 1.30. The number of aromatic amines is 1. The molecule has 0 fully saturated rings. The Morgan fingerprint density at radius 2 is 2.33 bits per heavy atom. The highest BCUT2D eigenvalue weighted by Crippen LogP contribution is 2.25. The second-order valence-corrected chi connectivity index (χ2v) is 4.22. The van der Waals surface area contributed by atoms with Crippen LogP contribution in [0.15, 0.2) is 23.0 Å². The topological polar surface area (TPSA) is 76.8 Å². The van der Waals surface area contributed by atoms with Crippen molar-refractivity contribution in [3.63, 3.8) is 0 Å². The molecule has 1 aliphatic rings. The number of imidazole rings is 1. The predicted octanol–water partition coefficient (Wildman–Crippen LogP) is 1.69. The SMILES string of the molecule is c1cc(-c2nc3c4c(ncc3[nH]2)CCOC4)no1. The van der Waals surface area contributed by atoms with Crippen molar-refractivity contribution in [1.82, 2.24) is 20.1 Å². The van der Waals surface area contributed by atoms with E-state index in [4.69, 9.17) is 9.26 Å². The first kappa shape index (κ1) is 9.78. The van der Waals surface area contributed by atoms with Gasteiger partial charge in [0.15, 0.2) is 5.82 Å². The molecule has 1 N–H and O–H groups in total. The molecule has 0 saturated carbocycles. The van der Waals surface area contributed by atoms with Gasteiger partial charge < -0.3 is 14.2 Å². The van der Waals surface area contributed by atoms with Gasteiger partial charge in [-0.15, -0.1) is 0 Å². The van der Waals surface area contributed by atoms with Crippen LogP contribution in [-0.4, -0.2) is 26.7 Å². The van der Waals surface area contributed by atoms with Gasteiger partial charge in [-0.25, -0.2) is 4.98 Å². The van der Waals surface area contributed by atoms with Crippen molar-refractivity contribution in [2.24, 2.45) is 0 Å². The van der Waals surface area contributed by atoms with Crippen LogP contribution >= 0.6 is 0 Å². The number of hydrogen-bond donors (Lipinski definition) is 1. The lowest BCUT2D eigenvalue weighted by atomic mass is 10.1. The fraction of sp³-hybridized carbons (Fsp3) is 0.250. The quantitative estimate of drug-likeness (QED) is 0.702. The summed E-state index contributed by atoms with van der Waals surface area (Å²) in [4.78, 5) is 12.2. The fourth-order valence-electron chi connectivity index (χ4n) is 2.23. The van der Waals surface area contributed by atoms with Gasteiger partial charge in [-0.3, -0.25) is 4.98 Å². The third-order valence-corrected chi connectivity index (χ3v) is 3.13. The monoisotopic (exact) mass is 242 g/mol. The highest BCUT2D eigenvalue weighted by atomic mass is 16.5. The van der Waals surface area contributed by atoms with Crippen molar-refractivity contribution in [2.45, 2.75) is 13.0 Å². The molecule has 0 amide bonds. The van der Waals surface area contributed by atoms with Crippen molar-refractivity contribution in [2.75, 3.05) is 6.61 Å². The van der Waals surface area contributed by atoms with Crippen LogP contribution in [0.4, 0.5) is 0 Å². The minimum Gasteiger partial charge on any atom is -0.376 e. The summed E-state index contributed by atoms with van der Waals surface area (Å²) in [7, 11) is 0. The number of aromatic nitrogens is 4. The zero-order chi connectivity index (χ0) is 11.9. The molecule has 0 unspecified atom stereocenters. The van der Waals surface area contributed by atoms with E-state index in [-0.39, 0.29) is 0 Å². The lowest BCUT2D eigenvalue weighted by Gasteiger charge is -2.14. The van der Waals surface area contributed by atoms with E-state index in [9.17, 15) is 0 Å². The number of H-pyrrole nitrogens is 1. The molecule has 4 rings (SSSR count). The first-order valence-electron chi connectivity index (χ1n) is 5.77. The van der Waals surface area contributed by atoms with Crippen LogP contribution in [0.3, 0.4) is 0 Å². The van der Waals surface area contributed by atoms with Crippen LogP contribution in [0.2, 0.25) is 0 Å². The minimum absolute atomic E-state index is 0.572. The van der Waals surface area contributed by atoms with E-state index in [0.717, 1.165) is 35.3 Å². The van der Waals surface area contributed by atoms with Gasteiger partial charge in [-0.05, 0) is 0 Å². The molecule has 90 valence electrons. The van der Waals surface area contributed by atoms with E-state index in [1.54, 1.807) is 6.07 Å². The summed E-state index contributed by atoms with van der Waals surface area (Å²) in [5, 5.41) is 3.87. The maximum atomic E-state index is 5.48. The third-order valence-electron chi connectivity index (χ3n) is 3.13. The van der Waals surface area contributed by atoms with Crippen LogP contribution in [0.1, 0.15) is 11.3 Å². The Morgan fingerprint density at radius 1 is 1.33 bits per heavy atom. The molecule has 6 heteroatoms. The molecular weight excluding hydrogens is 232 g/mol. The van der Waals surface area contributed by atoms with Crippen LogP contribution < -0.4 is 0 Å². The minimum atomic E-state index is 0.572. The maximum absolute atomic E-state index is 5.48. The Labute approximate surface area is 102 Å². The average molecular weight is 242 g/mol. The molecule has 1 aliphatic heterocycles. The molecule has 0 spiro atoms. The van der Waals surface area contributed by atoms with E-state index < -0.39 is 0 Å². The van der Waals surface area contributed by atoms with E-state index in [1.165, 1.54) is 6.26 Å². The van der Waals surface area contributed by atoms with Crippen molar-refractivity contribution in [3.8, 4) is 11.5 Å². The van der Waals surface area contributed by atoms with Gasteiger partial charge in [-0.2, -0.15) is 0 Å². The summed E-state index contributed by atoms with van der Waals surface area (Å²) in [5.41, 5.74) is 4.66. The van der Waals surface area contributed by atoms with Crippen LogP contribution in [-0.2, 0) is 17.8 Å². The number of nitrogens with one attached hydrogen (secondary N) is 1. The van der Waals surface area contributed by atoms with Gasteiger partial charge >= 0.3 is 0 Å². The fourth-order valence-corrected chi connectivity index (χ4v) is 2.23. The van der Waals surface area contributed by atoms with Crippen LogP contribution in [0.5, 0.6) is 0 Å². The smallest absolute Gasteiger partial charge is 0.160 e. The number of nitrogens with zero attached hydrogens (tertiary/aromatic N) is 3. The number of rotatable bonds is 1. The summed E-state index contributed by atoms with van der Waals surface area (Å²) >= 11 is 0. The molecule has 0 aliphatic carbocycles. The summed E-state index contributed by atoms with van der Waals surface area (Å²) < 4.78 is 10.3. The number of pyridine rings is 1. The zero-order valence-corrected chi connectivity index (χ0v) is 9.51. The largest absolute Gasteiger partial charge is 0.376 e. The maximum Gasteiger partial charge on any atom is 0.160 e. The highest BCUT2D eigenvalue weighted by molar-refractivity contribution is 5.81. The van der Waals surface area contributed by atoms with Gasteiger partial charge in [0.05, 0.1) is 36.1 Å². The molecule has 0 saturated heterocycles. The first-order chi connectivity index (χ1) is 8.92. The Morgan fingerprint density at radius 3 is 3.22 bits per heavy atom. The molecule has 0 atom stereocenters. The molecule has 0 aromatic carbocycles. The van der Waals surface area contributed by atoms with Gasteiger partial charge in [0.1, 0.15) is 12.0 Å². The number of ether oxygens (including phenoxy) is 1. The Bertz CT molecular complexity index is 702. The molecule has 6 nitrogen and oxygen atoms in total. The Kier molecular flexibility index (Phi) is 1.98. The van der Waals surface area contributed by atoms with Crippen molar-refractivity contribution >= 4 is 11.0 Å². The Balaban J connectivity index is 1.95. The van der Waals surface area contributed by atoms with Crippen molar-refractivity contribution in [3.05, 3.63) is 29.8 Å². The van der Waals surface area contributed by atoms with Crippen LogP contribution in [0, 0.1) is 0 Å². The number of fused-ring (bicyclic) bond motifs is 3. The predicted molar refractivity (Wildman–Crippen MR) is 62.7 cm³/mol. The van der Waals surface area contributed by atoms with Gasteiger partial charge in [0.25, 0.3) is 0 Å².